The number of anilines is 1. The van der Waals surface area contributed by atoms with Crippen molar-refractivity contribution in [1.29, 1.82) is 0 Å². The first kappa shape index (κ1) is 14.1. The number of aliphatic hydroxyl groups is 2. The molecular formula is C12H16N2O4. The third kappa shape index (κ3) is 4.52. The molecule has 1 atom stereocenters. The summed E-state index contributed by atoms with van der Waals surface area (Å²) in [5.41, 5.74) is 1.02. The van der Waals surface area contributed by atoms with E-state index in [4.69, 9.17) is 10.2 Å². The van der Waals surface area contributed by atoms with Crippen LogP contribution in [0.3, 0.4) is 0 Å². The van der Waals surface area contributed by atoms with Gasteiger partial charge in [0.05, 0.1) is 12.7 Å². The first-order valence-corrected chi connectivity index (χ1v) is 5.47. The Morgan fingerprint density at radius 3 is 2.39 bits per heavy atom. The lowest BCUT2D eigenvalue weighted by Gasteiger charge is -2.09. The summed E-state index contributed by atoms with van der Waals surface area (Å²) in [4.78, 5) is 22.4. The molecule has 18 heavy (non-hydrogen) atoms. The van der Waals surface area contributed by atoms with Gasteiger partial charge in [-0.25, -0.2) is 0 Å². The van der Waals surface area contributed by atoms with E-state index in [0.717, 1.165) is 0 Å². The number of aliphatic hydroxyl groups excluding tert-OH is 2. The fourth-order valence-electron chi connectivity index (χ4n) is 1.29. The molecule has 0 spiro atoms. The monoisotopic (exact) mass is 252 g/mol. The number of hydrogen-bond donors (Lipinski definition) is 4. The predicted molar refractivity (Wildman–Crippen MR) is 66.2 cm³/mol. The van der Waals surface area contributed by atoms with Crippen molar-refractivity contribution in [3.63, 3.8) is 0 Å². The highest BCUT2D eigenvalue weighted by Crippen LogP contribution is 2.09. The van der Waals surface area contributed by atoms with E-state index in [2.05, 4.69) is 10.6 Å². The normalized spacial score (nSPS) is 11.7. The largest absolute Gasteiger partial charge is 0.394 e. The Bertz CT molecular complexity index is 417. The molecule has 0 radical (unpaired) electrons. The molecule has 1 unspecified atom stereocenters. The zero-order valence-corrected chi connectivity index (χ0v) is 10.0. The van der Waals surface area contributed by atoms with Crippen molar-refractivity contribution in [3.8, 4) is 0 Å². The Morgan fingerprint density at radius 2 is 1.89 bits per heavy atom. The van der Waals surface area contributed by atoms with E-state index in [9.17, 15) is 9.59 Å². The summed E-state index contributed by atoms with van der Waals surface area (Å²) < 4.78 is 0. The standard InChI is InChI=1S/C12H16N2O4/c1-8(16)14-10-4-2-9(3-5-10)12(18)13-6-11(17)7-15/h2-5,11,15,17H,6-7H2,1H3,(H,13,18)(H,14,16). The van der Waals surface area contributed by atoms with Gasteiger partial charge in [-0.05, 0) is 24.3 Å². The second-order valence-corrected chi connectivity index (χ2v) is 3.80. The summed E-state index contributed by atoms with van der Waals surface area (Å²) in [6, 6.07) is 6.34. The van der Waals surface area contributed by atoms with E-state index in [-0.39, 0.29) is 18.4 Å². The van der Waals surface area contributed by atoms with Gasteiger partial charge in [0.15, 0.2) is 0 Å². The molecule has 1 rings (SSSR count). The van der Waals surface area contributed by atoms with Crippen molar-refractivity contribution in [2.75, 3.05) is 18.5 Å². The highest BCUT2D eigenvalue weighted by Gasteiger charge is 2.08. The fourth-order valence-corrected chi connectivity index (χ4v) is 1.29. The highest BCUT2D eigenvalue weighted by atomic mass is 16.3. The van der Waals surface area contributed by atoms with Crippen molar-refractivity contribution in [1.82, 2.24) is 5.32 Å². The van der Waals surface area contributed by atoms with Crippen molar-refractivity contribution >= 4 is 17.5 Å². The van der Waals surface area contributed by atoms with E-state index < -0.39 is 12.7 Å². The molecule has 2 amide bonds. The quantitative estimate of drug-likeness (QED) is 0.579. The third-order valence-electron chi connectivity index (χ3n) is 2.18. The Hall–Kier alpha value is -1.92. The van der Waals surface area contributed by atoms with Crippen LogP contribution >= 0.6 is 0 Å². The van der Waals surface area contributed by atoms with Gasteiger partial charge in [-0.2, -0.15) is 0 Å². The Balaban J connectivity index is 2.56. The van der Waals surface area contributed by atoms with Gasteiger partial charge in [-0.15, -0.1) is 0 Å². The Morgan fingerprint density at radius 1 is 1.28 bits per heavy atom. The first-order valence-electron chi connectivity index (χ1n) is 5.47. The number of carbonyl (C=O) groups is 2. The van der Waals surface area contributed by atoms with E-state index >= 15 is 0 Å². The predicted octanol–water partition coefficient (Wildman–Crippen LogP) is -0.272. The molecule has 0 aromatic heterocycles. The van der Waals surface area contributed by atoms with Crippen LogP contribution < -0.4 is 10.6 Å². The smallest absolute Gasteiger partial charge is 0.251 e. The lowest BCUT2D eigenvalue weighted by atomic mass is 10.2. The summed E-state index contributed by atoms with van der Waals surface area (Å²) in [6.45, 7) is 0.988. The summed E-state index contributed by atoms with van der Waals surface area (Å²) in [5.74, 6) is -0.532. The maximum absolute atomic E-state index is 11.6. The van der Waals surface area contributed by atoms with Gasteiger partial charge in [-0.1, -0.05) is 0 Å². The van der Waals surface area contributed by atoms with Crippen LogP contribution in [0.5, 0.6) is 0 Å². The molecule has 1 aromatic rings. The van der Waals surface area contributed by atoms with Gasteiger partial charge < -0.3 is 20.8 Å². The molecule has 98 valence electrons. The van der Waals surface area contributed by atoms with Crippen molar-refractivity contribution < 1.29 is 19.8 Å². The van der Waals surface area contributed by atoms with Crippen LogP contribution in [0.25, 0.3) is 0 Å². The molecule has 0 fully saturated rings. The summed E-state index contributed by atoms with van der Waals surface area (Å²) in [6.07, 6.45) is -0.965. The maximum atomic E-state index is 11.6. The summed E-state index contributed by atoms with van der Waals surface area (Å²) in [7, 11) is 0. The Kier molecular flexibility index (Phi) is 5.29. The van der Waals surface area contributed by atoms with Crippen molar-refractivity contribution in [3.05, 3.63) is 29.8 Å². The highest BCUT2D eigenvalue weighted by molar-refractivity contribution is 5.95. The number of rotatable bonds is 5. The number of benzene rings is 1. The van der Waals surface area contributed by atoms with Gasteiger partial charge in [0.2, 0.25) is 5.91 Å². The summed E-state index contributed by atoms with van der Waals surface area (Å²) >= 11 is 0. The van der Waals surface area contributed by atoms with Gasteiger partial charge in [0.25, 0.3) is 5.91 Å². The van der Waals surface area contributed by atoms with Crippen molar-refractivity contribution in [2.24, 2.45) is 0 Å². The molecule has 0 bridgehead atoms. The lowest BCUT2D eigenvalue weighted by Crippen LogP contribution is -2.33. The van der Waals surface area contributed by atoms with Gasteiger partial charge in [-0.3, -0.25) is 9.59 Å². The van der Waals surface area contributed by atoms with Crippen LogP contribution in [-0.4, -0.2) is 41.3 Å². The Labute approximate surface area is 105 Å². The minimum absolute atomic E-state index is 0.0111. The van der Waals surface area contributed by atoms with E-state index in [1.54, 1.807) is 24.3 Å². The van der Waals surface area contributed by atoms with E-state index in [1.807, 2.05) is 0 Å². The molecule has 0 saturated heterocycles. The average Bonchev–Trinajstić information content (AvgIpc) is 2.35. The second kappa shape index (κ2) is 6.73. The zero-order chi connectivity index (χ0) is 13.5. The zero-order valence-electron chi connectivity index (χ0n) is 10.0. The third-order valence-corrected chi connectivity index (χ3v) is 2.18. The maximum Gasteiger partial charge on any atom is 0.251 e. The summed E-state index contributed by atoms with van der Waals surface area (Å²) in [5, 5.41) is 22.7. The first-order chi connectivity index (χ1) is 8.52. The SMILES string of the molecule is CC(=O)Nc1ccc(C(=O)NCC(O)CO)cc1. The van der Waals surface area contributed by atoms with Gasteiger partial charge in [0.1, 0.15) is 0 Å². The minimum atomic E-state index is -0.965. The van der Waals surface area contributed by atoms with E-state index in [1.165, 1.54) is 6.92 Å². The van der Waals surface area contributed by atoms with Crippen LogP contribution in [0.15, 0.2) is 24.3 Å². The van der Waals surface area contributed by atoms with Crippen molar-refractivity contribution in [2.45, 2.75) is 13.0 Å². The lowest BCUT2D eigenvalue weighted by molar-refractivity contribution is -0.114. The minimum Gasteiger partial charge on any atom is -0.394 e. The molecular weight excluding hydrogens is 236 g/mol. The van der Waals surface area contributed by atoms with Gasteiger partial charge >= 0.3 is 0 Å². The van der Waals surface area contributed by atoms with Crippen LogP contribution in [0.4, 0.5) is 5.69 Å². The van der Waals surface area contributed by atoms with Crippen LogP contribution in [0.2, 0.25) is 0 Å². The molecule has 6 nitrogen and oxygen atoms in total. The molecule has 6 heteroatoms. The second-order valence-electron chi connectivity index (χ2n) is 3.80. The van der Waals surface area contributed by atoms with Crippen LogP contribution in [0.1, 0.15) is 17.3 Å². The van der Waals surface area contributed by atoms with E-state index in [0.29, 0.717) is 11.3 Å². The number of carbonyl (C=O) groups excluding carboxylic acids is 2. The number of hydrogen-bond acceptors (Lipinski definition) is 4. The number of amides is 2. The fraction of sp³-hybridized carbons (Fsp3) is 0.333. The molecule has 4 N–H and O–H groups in total. The molecule has 0 aliphatic heterocycles. The van der Waals surface area contributed by atoms with Gasteiger partial charge in [0, 0.05) is 24.7 Å². The topological polar surface area (TPSA) is 98.7 Å². The number of nitrogens with one attached hydrogen (secondary N) is 2. The van der Waals surface area contributed by atoms with Crippen LogP contribution in [-0.2, 0) is 4.79 Å². The molecule has 0 aliphatic rings. The molecule has 0 saturated carbocycles. The average molecular weight is 252 g/mol. The molecule has 0 aliphatic carbocycles. The van der Waals surface area contributed by atoms with Crippen LogP contribution in [0, 0.1) is 0 Å². The molecule has 0 heterocycles. The molecule has 1 aromatic carbocycles.